The third-order valence-electron chi connectivity index (χ3n) is 3.16. The largest absolute Gasteiger partial charge is 0.386 e. The number of oxime groups is 1. The second-order valence-corrected chi connectivity index (χ2v) is 5.73. The zero-order chi connectivity index (χ0) is 15.9. The predicted octanol–water partition coefficient (Wildman–Crippen LogP) is 4.06. The molecule has 0 unspecified atom stereocenters. The van der Waals surface area contributed by atoms with Crippen molar-refractivity contribution < 1.29 is 9.63 Å². The molecule has 0 spiro atoms. The molecule has 0 saturated heterocycles. The summed E-state index contributed by atoms with van der Waals surface area (Å²) in [5.74, 6) is -0.243. The second kappa shape index (κ2) is 7.75. The Morgan fingerprint density at radius 3 is 2.73 bits per heavy atom. The molecule has 0 fully saturated rings. The van der Waals surface area contributed by atoms with E-state index in [1.807, 2.05) is 56.3 Å². The Bertz CT molecular complexity index is 699. The highest BCUT2D eigenvalue weighted by Gasteiger charge is 2.03. The van der Waals surface area contributed by atoms with Crippen LogP contribution in [0.25, 0.3) is 0 Å². The number of amides is 1. The van der Waals surface area contributed by atoms with Crippen molar-refractivity contribution in [3.05, 3.63) is 63.6 Å². The third-order valence-corrected chi connectivity index (χ3v) is 3.88. The first-order valence-corrected chi connectivity index (χ1v) is 7.62. The molecule has 0 aromatic heterocycles. The van der Waals surface area contributed by atoms with Gasteiger partial charge in [-0.3, -0.25) is 4.79 Å². The van der Waals surface area contributed by atoms with Gasteiger partial charge in [0.15, 0.2) is 6.61 Å². The van der Waals surface area contributed by atoms with Crippen LogP contribution in [-0.2, 0) is 9.63 Å². The summed E-state index contributed by atoms with van der Waals surface area (Å²) in [6.07, 6.45) is 1.56. The zero-order valence-electron chi connectivity index (χ0n) is 12.5. The molecule has 0 bridgehead atoms. The van der Waals surface area contributed by atoms with E-state index >= 15 is 0 Å². The van der Waals surface area contributed by atoms with E-state index in [2.05, 4.69) is 26.4 Å². The highest BCUT2D eigenvalue weighted by Crippen LogP contribution is 2.14. The summed E-state index contributed by atoms with van der Waals surface area (Å²) in [5, 5.41) is 6.57. The van der Waals surface area contributed by atoms with Gasteiger partial charge in [0.05, 0.1) is 6.21 Å². The van der Waals surface area contributed by atoms with E-state index < -0.39 is 0 Å². The van der Waals surface area contributed by atoms with Gasteiger partial charge in [-0.05, 0) is 43.2 Å². The number of nitrogens with one attached hydrogen (secondary N) is 1. The number of benzene rings is 2. The van der Waals surface area contributed by atoms with Crippen molar-refractivity contribution in [2.75, 3.05) is 11.9 Å². The summed E-state index contributed by atoms with van der Waals surface area (Å²) < 4.78 is 0.918. The first-order valence-electron chi connectivity index (χ1n) is 6.83. The predicted molar refractivity (Wildman–Crippen MR) is 92.2 cm³/mol. The Morgan fingerprint density at radius 1 is 1.23 bits per heavy atom. The van der Waals surface area contributed by atoms with E-state index in [1.54, 1.807) is 6.21 Å². The Labute approximate surface area is 138 Å². The van der Waals surface area contributed by atoms with Crippen LogP contribution in [0.3, 0.4) is 0 Å². The molecule has 5 heteroatoms. The third kappa shape index (κ3) is 4.70. The van der Waals surface area contributed by atoms with Crippen LogP contribution in [0.2, 0.25) is 0 Å². The van der Waals surface area contributed by atoms with E-state index in [0.29, 0.717) is 0 Å². The number of rotatable bonds is 5. The normalized spacial score (nSPS) is 10.7. The van der Waals surface area contributed by atoms with Crippen LogP contribution in [-0.4, -0.2) is 18.7 Å². The second-order valence-electron chi connectivity index (χ2n) is 4.88. The molecule has 114 valence electrons. The van der Waals surface area contributed by atoms with Gasteiger partial charge >= 0.3 is 0 Å². The molecule has 2 rings (SSSR count). The van der Waals surface area contributed by atoms with Gasteiger partial charge in [0.2, 0.25) is 0 Å². The highest BCUT2D eigenvalue weighted by atomic mass is 79.9. The zero-order valence-corrected chi connectivity index (χ0v) is 14.1. The Hall–Kier alpha value is -2.14. The topological polar surface area (TPSA) is 50.7 Å². The minimum absolute atomic E-state index is 0.131. The highest BCUT2D eigenvalue weighted by molar-refractivity contribution is 9.10. The van der Waals surface area contributed by atoms with Crippen LogP contribution in [0.5, 0.6) is 0 Å². The standard InChI is InChI=1S/C17H17BrN2O2/c1-12-7-8-15(9-13(12)2)20-17(21)11-22-19-10-14-5-3-4-6-16(14)18/h3-10H,11H2,1-2H3,(H,20,21)/b19-10-. The molecular weight excluding hydrogens is 344 g/mol. The molecule has 0 aliphatic carbocycles. The average molecular weight is 361 g/mol. The van der Waals surface area contributed by atoms with E-state index in [0.717, 1.165) is 21.3 Å². The van der Waals surface area contributed by atoms with Gasteiger partial charge in [-0.2, -0.15) is 0 Å². The summed E-state index contributed by atoms with van der Waals surface area (Å²) in [6.45, 7) is 3.90. The number of aryl methyl sites for hydroxylation is 2. The number of hydrogen-bond acceptors (Lipinski definition) is 3. The van der Waals surface area contributed by atoms with Gasteiger partial charge in [0.1, 0.15) is 0 Å². The van der Waals surface area contributed by atoms with Gasteiger partial charge in [0.25, 0.3) is 5.91 Å². The maximum Gasteiger partial charge on any atom is 0.265 e. The molecule has 0 aliphatic rings. The lowest BCUT2D eigenvalue weighted by atomic mass is 10.1. The summed E-state index contributed by atoms with van der Waals surface area (Å²) in [4.78, 5) is 16.8. The SMILES string of the molecule is Cc1ccc(NC(=O)CO/N=C\c2ccccc2Br)cc1C. The Balaban J connectivity index is 1.83. The number of carbonyl (C=O) groups excluding carboxylic acids is 1. The fourth-order valence-corrected chi connectivity index (χ4v) is 2.17. The van der Waals surface area contributed by atoms with Crippen LogP contribution in [0.1, 0.15) is 16.7 Å². The average Bonchev–Trinajstić information content (AvgIpc) is 2.49. The summed E-state index contributed by atoms with van der Waals surface area (Å²) >= 11 is 3.41. The van der Waals surface area contributed by atoms with Gasteiger partial charge < -0.3 is 10.2 Å². The molecule has 0 atom stereocenters. The Kier molecular flexibility index (Phi) is 5.72. The number of carbonyl (C=O) groups is 1. The van der Waals surface area contributed by atoms with Crippen molar-refractivity contribution in [1.82, 2.24) is 0 Å². The van der Waals surface area contributed by atoms with Crippen LogP contribution >= 0.6 is 15.9 Å². The fourth-order valence-electron chi connectivity index (χ4n) is 1.79. The monoisotopic (exact) mass is 360 g/mol. The van der Waals surface area contributed by atoms with Crippen molar-refractivity contribution in [3.8, 4) is 0 Å². The van der Waals surface area contributed by atoms with Crippen molar-refractivity contribution >= 4 is 33.7 Å². The molecule has 2 aromatic rings. The molecule has 0 aliphatic heterocycles. The van der Waals surface area contributed by atoms with Gasteiger partial charge in [-0.15, -0.1) is 0 Å². The first-order chi connectivity index (χ1) is 10.6. The maximum absolute atomic E-state index is 11.8. The molecule has 22 heavy (non-hydrogen) atoms. The van der Waals surface area contributed by atoms with Crippen LogP contribution in [0.4, 0.5) is 5.69 Å². The summed E-state index contributed by atoms with van der Waals surface area (Å²) in [6, 6.07) is 13.4. The van der Waals surface area contributed by atoms with E-state index in [1.165, 1.54) is 5.56 Å². The minimum Gasteiger partial charge on any atom is -0.386 e. The quantitative estimate of drug-likeness (QED) is 0.645. The minimum atomic E-state index is -0.243. The van der Waals surface area contributed by atoms with Crippen molar-refractivity contribution in [3.63, 3.8) is 0 Å². The van der Waals surface area contributed by atoms with Crippen LogP contribution in [0, 0.1) is 13.8 Å². The van der Waals surface area contributed by atoms with Crippen LogP contribution in [0.15, 0.2) is 52.1 Å². The van der Waals surface area contributed by atoms with Crippen molar-refractivity contribution in [2.45, 2.75) is 13.8 Å². The van der Waals surface area contributed by atoms with Crippen molar-refractivity contribution in [1.29, 1.82) is 0 Å². The van der Waals surface area contributed by atoms with E-state index in [4.69, 9.17) is 4.84 Å². The van der Waals surface area contributed by atoms with Crippen molar-refractivity contribution in [2.24, 2.45) is 5.16 Å². The first kappa shape index (κ1) is 16.2. The lowest BCUT2D eigenvalue weighted by Gasteiger charge is -2.07. The molecule has 1 N–H and O–H groups in total. The molecular formula is C17H17BrN2O2. The molecule has 1 amide bonds. The maximum atomic E-state index is 11.8. The number of hydrogen-bond donors (Lipinski definition) is 1. The van der Waals surface area contributed by atoms with Crippen LogP contribution < -0.4 is 5.32 Å². The Morgan fingerprint density at radius 2 is 2.00 bits per heavy atom. The van der Waals surface area contributed by atoms with E-state index in [9.17, 15) is 4.79 Å². The number of nitrogens with zero attached hydrogens (tertiary/aromatic N) is 1. The smallest absolute Gasteiger partial charge is 0.265 e. The van der Waals surface area contributed by atoms with Gasteiger partial charge in [-0.1, -0.05) is 45.4 Å². The fraction of sp³-hybridized carbons (Fsp3) is 0.176. The lowest BCUT2D eigenvalue weighted by Crippen LogP contribution is -2.17. The number of halogens is 1. The molecule has 0 saturated carbocycles. The molecule has 2 aromatic carbocycles. The van der Waals surface area contributed by atoms with Gasteiger partial charge in [-0.25, -0.2) is 0 Å². The lowest BCUT2D eigenvalue weighted by molar-refractivity contribution is -0.120. The van der Waals surface area contributed by atoms with E-state index in [-0.39, 0.29) is 12.5 Å². The molecule has 0 heterocycles. The molecule has 4 nitrogen and oxygen atoms in total. The molecule has 0 radical (unpaired) electrons. The summed E-state index contributed by atoms with van der Waals surface area (Å²) in [7, 11) is 0. The van der Waals surface area contributed by atoms with Gasteiger partial charge in [0, 0.05) is 15.7 Å². The number of anilines is 1. The summed E-state index contributed by atoms with van der Waals surface area (Å²) in [5.41, 5.74) is 3.96.